The van der Waals surface area contributed by atoms with E-state index >= 15 is 0 Å². The highest BCUT2D eigenvalue weighted by Crippen LogP contribution is 2.36. The zero-order valence-electron chi connectivity index (χ0n) is 22.7. The van der Waals surface area contributed by atoms with Gasteiger partial charge in [-0.05, 0) is 62.1 Å². The highest BCUT2D eigenvalue weighted by atomic mass is 16.4. The van der Waals surface area contributed by atoms with E-state index in [1.165, 1.54) is 25.3 Å². The maximum absolute atomic E-state index is 13.3. The minimum absolute atomic E-state index is 0.0277. The number of benzene rings is 2. The van der Waals surface area contributed by atoms with Gasteiger partial charge in [0.1, 0.15) is 12.1 Å². The van der Waals surface area contributed by atoms with Crippen molar-refractivity contribution in [1.82, 2.24) is 19.8 Å². The molecule has 1 unspecified atom stereocenters. The number of aromatic nitrogens is 2. The molecule has 2 aliphatic rings. The Balaban J connectivity index is 1.17. The quantitative estimate of drug-likeness (QED) is 0.271. The maximum Gasteiger partial charge on any atom is 0.337 e. The van der Waals surface area contributed by atoms with Crippen molar-refractivity contribution in [3.05, 3.63) is 72.2 Å². The first-order chi connectivity index (χ1) is 20.0. The van der Waals surface area contributed by atoms with Crippen LogP contribution in [0.4, 0.5) is 10.5 Å². The Kier molecular flexibility index (Phi) is 7.45. The average molecular weight is 556 g/mol. The molecule has 1 aliphatic heterocycles. The van der Waals surface area contributed by atoms with Crippen LogP contribution in [0.1, 0.15) is 71.7 Å². The van der Waals surface area contributed by atoms with Gasteiger partial charge in [0.2, 0.25) is 0 Å². The third-order valence-corrected chi connectivity index (χ3v) is 8.11. The van der Waals surface area contributed by atoms with Gasteiger partial charge < -0.3 is 29.6 Å². The second kappa shape index (κ2) is 11.5. The molecule has 2 aromatic carbocycles. The number of anilines is 1. The monoisotopic (exact) mass is 555 g/mol. The summed E-state index contributed by atoms with van der Waals surface area (Å²) < 4.78 is 7.66. The summed E-state index contributed by atoms with van der Waals surface area (Å²) in [7, 11) is 0. The SMILES string of the molecule is O=C(NC1CCCN(C(=O)Nc2ccccc2C(=O)O)C1)c1ccc2c(c1)nc(-c1ccoc1)n2C1CCCCC1. The first-order valence-corrected chi connectivity index (χ1v) is 14.2. The number of amides is 3. The molecule has 1 atom stereocenters. The molecule has 10 heteroatoms. The number of carboxylic acids is 1. The van der Waals surface area contributed by atoms with E-state index in [2.05, 4.69) is 15.2 Å². The van der Waals surface area contributed by atoms with Crippen molar-refractivity contribution < 1.29 is 23.9 Å². The zero-order chi connectivity index (χ0) is 28.3. The lowest BCUT2D eigenvalue weighted by Crippen LogP contribution is -2.50. The molecule has 212 valence electrons. The number of fused-ring (bicyclic) bond motifs is 1. The number of nitrogens with zero attached hydrogens (tertiary/aromatic N) is 3. The minimum atomic E-state index is -1.11. The summed E-state index contributed by atoms with van der Waals surface area (Å²) in [5.74, 6) is -0.466. The molecule has 3 amide bonds. The normalized spacial score (nSPS) is 17.9. The zero-order valence-corrected chi connectivity index (χ0v) is 22.7. The number of likely N-dealkylation sites (tertiary alicyclic amines) is 1. The fraction of sp³-hybridized carbons (Fsp3) is 0.355. The standard InChI is InChI=1S/C31H33N5O5/c37-29(32-22-7-6-15-35(18-22)31(40)34-25-11-5-4-10-24(25)30(38)39)20-12-13-27-26(17-20)33-28(21-14-16-41-19-21)36(27)23-8-2-1-3-9-23/h4-5,10-14,16-17,19,22-23H,1-3,6-9,15,18H2,(H,32,37)(H,34,40)(H,38,39). The molecule has 3 heterocycles. The molecule has 4 aromatic rings. The number of carboxylic acid groups (broad SMARTS) is 1. The summed E-state index contributed by atoms with van der Waals surface area (Å²) in [6.07, 6.45) is 10.7. The Bertz CT molecular complexity index is 1570. The van der Waals surface area contributed by atoms with Crippen LogP contribution in [0.15, 0.2) is 65.5 Å². The first-order valence-electron chi connectivity index (χ1n) is 14.2. The summed E-state index contributed by atoms with van der Waals surface area (Å²) in [5.41, 5.74) is 3.48. The molecule has 1 saturated heterocycles. The van der Waals surface area contributed by atoms with Crippen LogP contribution in [-0.4, -0.2) is 56.6 Å². The third-order valence-electron chi connectivity index (χ3n) is 8.11. The highest BCUT2D eigenvalue weighted by Gasteiger charge is 2.27. The summed E-state index contributed by atoms with van der Waals surface area (Å²) in [5, 5.41) is 15.2. The van der Waals surface area contributed by atoms with Crippen LogP contribution < -0.4 is 10.6 Å². The average Bonchev–Trinajstić information content (AvgIpc) is 3.66. The molecule has 1 saturated carbocycles. The number of furan rings is 1. The van der Waals surface area contributed by atoms with Crippen molar-refractivity contribution in [3.8, 4) is 11.4 Å². The van der Waals surface area contributed by atoms with Crippen LogP contribution in [-0.2, 0) is 0 Å². The van der Waals surface area contributed by atoms with Crippen molar-refractivity contribution in [1.29, 1.82) is 0 Å². The molecule has 0 bridgehead atoms. The van der Waals surface area contributed by atoms with Gasteiger partial charge in [-0.25, -0.2) is 14.6 Å². The van der Waals surface area contributed by atoms with Crippen LogP contribution in [0.3, 0.4) is 0 Å². The molecule has 6 rings (SSSR count). The van der Waals surface area contributed by atoms with Crippen LogP contribution >= 0.6 is 0 Å². The van der Waals surface area contributed by atoms with Gasteiger partial charge in [-0.15, -0.1) is 0 Å². The van der Waals surface area contributed by atoms with Crippen molar-refractivity contribution in [2.45, 2.75) is 57.0 Å². The number of urea groups is 1. The van der Waals surface area contributed by atoms with Gasteiger partial charge in [0, 0.05) is 30.7 Å². The van der Waals surface area contributed by atoms with E-state index in [-0.39, 0.29) is 29.2 Å². The van der Waals surface area contributed by atoms with E-state index < -0.39 is 5.97 Å². The van der Waals surface area contributed by atoms with Crippen LogP contribution in [0.25, 0.3) is 22.4 Å². The van der Waals surface area contributed by atoms with Crippen molar-refractivity contribution >= 4 is 34.6 Å². The van der Waals surface area contributed by atoms with Gasteiger partial charge in [-0.1, -0.05) is 31.4 Å². The van der Waals surface area contributed by atoms with Gasteiger partial charge in [0.05, 0.1) is 34.1 Å². The molecule has 2 fully saturated rings. The van der Waals surface area contributed by atoms with Crippen LogP contribution in [0, 0.1) is 0 Å². The van der Waals surface area contributed by atoms with Crippen LogP contribution in [0.2, 0.25) is 0 Å². The molecular weight excluding hydrogens is 522 g/mol. The number of carbonyl (C=O) groups excluding carboxylic acids is 2. The van der Waals surface area contributed by atoms with Gasteiger partial charge >= 0.3 is 12.0 Å². The number of para-hydroxylation sites is 1. The third kappa shape index (κ3) is 5.54. The lowest BCUT2D eigenvalue weighted by atomic mass is 9.95. The molecule has 2 aromatic heterocycles. The van der Waals surface area contributed by atoms with Gasteiger partial charge in [-0.2, -0.15) is 0 Å². The largest absolute Gasteiger partial charge is 0.478 e. The Morgan fingerprint density at radius 3 is 2.59 bits per heavy atom. The molecule has 1 aliphatic carbocycles. The molecule has 0 radical (unpaired) electrons. The molecule has 41 heavy (non-hydrogen) atoms. The van der Waals surface area contributed by atoms with E-state index in [9.17, 15) is 19.5 Å². The number of carbonyl (C=O) groups is 3. The smallest absolute Gasteiger partial charge is 0.337 e. The maximum atomic E-state index is 13.3. The van der Waals surface area contributed by atoms with E-state index in [0.29, 0.717) is 24.7 Å². The van der Waals surface area contributed by atoms with Crippen molar-refractivity contribution in [3.63, 3.8) is 0 Å². The summed E-state index contributed by atoms with van der Waals surface area (Å²) in [6.45, 7) is 0.852. The fourth-order valence-corrected chi connectivity index (χ4v) is 6.07. The summed E-state index contributed by atoms with van der Waals surface area (Å²) >= 11 is 0. The second-order valence-corrected chi connectivity index (χ2v) is 10.9. The van der Waals surface area contributed by atoms with Gasteiger partial charge in [0.25, 0.3) is 5.91 Å². The number of nitrogens with one attached hydrogen (secondary N) is 2. The summed E-state index contributed by atoms with van der Waals surface area (Å²) in [6, 6.07) is 13.6. The summed E-state index contributed by atoms with van der Waals surface area (Å²) in [4.78, 5) is 44.3. The van der Waals surface area contributed by atoms with Crippen molar-refractivity contribution in [2.24, 2.45) is 0 Å². The number of hydrogen-bond donors (Lipinski definition) is 3. The molecular formula is C31H33N5O5. The number of rotatable bonds is 6. The highest BCUT2D eigenvalue weighted by molar-refractivity contribution is 6.00. The fourth-order valence-electron chi connectivity index (χ4n) is 6.07. The molecule has 0 spiro atoms. The predicted molar refractivity (Wildman–Crippen MR) is 154 cm³/mol. The Morgan fingerprint density at radius 1 is 0.976 bits per heavy atom. The second-order valence-electron chi connectivity index (χ2n) is 10.9. The van der Waals surface area contributed by atoms with E-state index in [1.54, 1.807) is 35.6 Å². The lowest BCUT2D eigenvalue weighted by molar-refractivity contribution is 0.0697. The molecule has 3 N–H and O–H groups in total. The number of piperidine rings is 1. The van der Waals surface area contributed by atoms with E-state index in [0.717, 1.165) is 48.1 Å². The predicted octanol–water partition coefficient (Wildman–Crippen LogP) is 5.93. The van der Waals surface area contributed by atoms with E-state index in [4.69, 9.17) is 9.40 Å². The van der Waals surface area contributed by atoms with Gasteiger partial charge in [0.15, 0.2) is 0 Å². The molecule has 10 nitrogen and oxygen atoms in total. The van der Waals surface area contributed by atoms with E-state index in [1.807, 2.05) is 24.3 Å². The Morgan fingerprint density at radius 2 is 1.80 bits per heavy atom. The topological polar surface area (TPSA) is 130 Å². The Hall–Kier alpha value is -4.60. The Labute approximate surface area is 237 Å². The number of aromatic carboxylic acids is 1. The van der Waals surface area contributed by atoms with Crippen LogP contribution in [0.5, 0.6) is 0 Å². The van der Waals surface area contributed by atoms with Gasteiger partial charge in [-0.3, -0.25) is 4.79 Å². The minimum Gasteiger partial charge on any atom is -0.478 e. The van der Waals surface area contributed by atoms with Crippen molar-refractivity contribution in [2.75, 3.05) is 18.4 Å². The lowest BCUT2D eigenvalue weighted by Gasteiger charge is -2.33. The number of imidazole rings is 1. The first kappa shape index (κ1) is 26.6. The number of hydrogen-bond acceptors (Lipinski definition) is 5.